The number of pyridine rings is 1. The van der Waals surface area contributed by atoms with Crippen molar-refractivity contribution in [2.24, 2.45) is 0 Å². The Morgan fingerprint density at radius 3 is 2.67 bits per heavy atom. The van der Waals surface area contributed by atoms with Gasteiger partial charge in [0.25, 0.3) is 5.91 Å². The smallest absolute Gasteiger partial charge is 0.259 e. The van der Waals surface area contributed by atoms with E-state index in [1.165, 1.54) is 18.2 Å². The highest BCUT2D eigenvalue weighted by molar-refractivity contribution is 6.03. The van der Waals surface area contributed by atoms with E-state index in [2.05, 4.69) is 10.3 Å². The molecule has 2 rings (SSSR count). The second-order valence-corrected chi connectivity index (χ2v) is 3.81. The molecule has 0 radical (unpaired) electrons. The van der Waals surface area contributed by atoms with Gasteiger partial charge >= 0.3 is 0 Å². The van der Waals surface area contributed by atoms with Gasteiger partial charge in [-0.1, -0.05) is 12.1 Å². The third-order valence-corrected chi connectivity index (χ3v) is 2.49. The van der Waals surface area contributed by atoms with E-state index in [0.717, 1.165) is 0 Å². The number of aromatic nitrogens is 1. The number of rotatable bonds is 2. The molecule has 0 spiro atoms. The zero-order valence-corrected chi connectivity index (χ0v) is 9.77. The molecule has 0 saturated carbocycles. The summed E-state index contributed by atoms with van der Waals surface area (Å²) < 4.78 is 13.4. The largest absolute Gasteiger partial charge is 0.397 e. The molecule has 4 nitrogen and oxygen atoms in total. The molecule has 1 heterocycles. The molecule has 5 heteroatoms. The standard InChI is InChI=1S/C13H12FN3O/c1-8-11(15)6-7-12(16-8)17-13(18)9-4-2-3-5-10(9)14/h2-7H,15H2,1H3,(H,16,17,18). The molecule has 0 aliphatic carbocycles. The lowest BCUT2D eigenvalue weighted by atomic mass is 10.2. The average molecular weight is 245 g/mol. The summed E-state index contributed by atoms with van der Waals surface area (Å²) in [6.07, 6.45) is 0. The van der Waals surface area contributed by atoms with Crippen molar-refractivity contribution in [3.05, 3.63) is 53.5 Å². The van der Waals surface area contributed by atoms with Gasteiger partial charge in [0.2, 0.25) is 0 Å². The molecule has 0 unspecified atom stereocenters. The summed E-state index contributed by atoms with van der Waals surface area (Å²) in [7, 11) is 0. The van der Waals surface area contributed by atoms with Crippen LogP contribution in [0.3, 0.4) is 0 Å². The normalized spacial score (nSPS) is 10.1. The lowest BCUT2D eigenvalue weighted by Gasteiger charge is -2.07. The number of nitrogens with one attached hydrogen (secondary N) is 1. The lowest BCUT2D eigenvalue weighted by Crippen LogP contribution is -2.15. The van der Waals surface area contributed by atoms with E-state index < -0.39 is 11.7 Å². The fourth-order valence-electron chi connectivity index (χ4n) is 1.47. The number of nitrogen functional groups attached to an aromatic ring is 1. The first-order valence-electron chi connectivity index (χ1n) is 5.37. The Bertz CT molecular complexity index is 599. The van der Waals surface area contributed by atoms with E-state index in [1.54, 1.807) is 25.1 Å². The molecule has 1 aromatic carbocycles. The van der Waals surface area contributed by atoms with Crippen LogP contribution in [0.2, 0.25) is 0 Å². The minimum absolute atomic E-state index is 0.0196. The molecule has 0 aliphatic rings. The van der Waals surface area contributed by atoms with Crippen LogP contribution in [0, 0.1) is 12.7 Å². The summed E-state index contributed by atoms with van der Waals surface area (Å²) in [6, 6.07) is 8.98. The van der Waals surface area contributed by atoms with Crippen LogP contribution in [0.1, 0.15) is 16.1 Å². The van der Waals surface area contributed by atoms with Crippen molar-refractivity contribution in [1.82, 2.24) is 4.98 Å². The monoisotopic (exact) mass is 245 g/mol. The van der Waals surface area contributed by atoms with Gasteiger partial charge in [-0.15, -0.1) is 0 Å². The minimum atomic E-state index is -0.567. The van der Waals surface area contributed by atoms with E-state index in [9.17, 15) is 9.18 Å². The molecule has 0 saturated heterocycles. The Morgan fingerprint density at radius 2 is 2.00 bits per heavy atom. The van der Waals surface area contributed by atoms with E-state index in [4.69, 9.17) is 5.73 Å². The first-order chi connectivity index (χ1) is 8.58. The summed E-state index contributed by atoms with van der Waals surface area (Å²) in [5.41, 5.74) is 6.75. The second-order valence-electron chi connectivity index (χ2n) is 3.81. The van der Waals surface area contributed by atoms with Crippen LogP contribution >= 0.6 is 0 Å². The number of nitrogens with two attached hydrogens (primary N) is 1. The van der Waals surface area contributed by atoms with Crippen LogP contribution in [-0.2, 0) is 0 Å². The maximum atomic E-state index is 13.4. The van der Waals surface area contributed by atoms with E-state index in [1.807, 2.05) is 0 Å². The number of nitrogens with zero attached hydrogens (tertiary/aromatic N) is 1. The first-order valence-corrected chi connectivity index (χ1v) is 5.37. The van der Waals surface area contributed by atoms with Gasteiger partial charge in [-0.05, 0) is 31.2 Å². The molecule has 2 aromatic rings. The fraction of sp³-hybridized carbons (Fsp3) is 0.0769. The summed E-state index contributed by atoms with van der Waals surface area (Å²) in [4.78, 5) is 15.9. The number of hydrogen-bond acceptors (Lipinski definition) is 3. The molecule has 0 fully saturated rings. The van der Waals surface area contributed by atoms with Gasteiger partial charge in [0.15, 0.2) is 0 Å². The number of aryl methyl sites for hydroxylation is 1. The van der Waals surface area contributed by atoms with Gasteiger partial charge in [0, 0.05) is 0 Å². The van der Waals surface area contributed by atoms with Crippen molar-refractivity contribution in [2.45, 2.75) is 6.92 Å². The predicted molar refractivity (Wildman–Crippen MR) is 67.7 cm³/mol. The Balaban J connectivity index is 2.22. The number of carbonyl (C=O) groups excluding carboxylic acids is 1. The highest BCUT2D eigenvalue weighted by Gasteiger charge is 2.11. The molecule has 0 aliphatic heterocycles. The van der Waals surface area contributed by atoms with Gasteiger partial charge in [0.05, 0.1) is 16.9 Å². The second kappa shape index (κ2) is 4.83. The number of amides is 1. The van der Waals surface area contributed by atoms with Crippen LogP contribution in [0.15, 0.2) is 36.4 Å². The molecular weight excluding hydrogens is 233 g/mol. The minimum Gasteiger partial charge on any atom is -0.397 e. The lowest BCUT2D eigenvalue weighted by molar-refractivity contribution is 0.102. The topological polar surface area (TPSA) is 68.0 Å². The van der Waals surface area contributed by atoms with Crippen molar-refractivity contribution in [2.75, 3.05) is 11.1 Å². The number of benzene rings is 1. The quantitative estimate of drug-likeness (QED) is 0.853. The van der Waals surface area contributed by atoms with Crippen molar-refractivity contribution in [3.8, 4) is 0 Å². The van der Waals surface area contributed by atoms with Crippen LogP contribution in [-0.4, -0.2) is 10.9 Å². The molecule has 0 atom stereocenters. The fourth-order valence-corrected chi connectivity index (χ4v) is 1.47. The van der Waals surface area contributed by atoms with Crippen molar-refractivity contribution in [1.29, 1.82) is 0 Å². The van der Waals surface area contributed by atoms with E-state index in [0.29, 0.717) is 17.2 Å². The van der Waals surface area contributed by atoms with Gasteiger partial charge in [-0.3, -0.25) is 4.79 Å². The Hall–Kier alpha value is -2.43. The third kappa shape index (κ3) is 2.45. The zero-order chi connectivity index (χ0) is 13.1. The third-order valence-electron chi connectivity index (χ3n) is 2.49. The number of anilines is 2. The molecule has 0 bridgehead atoms. The van der Waals surface area contributed by atoms with Crippen molar-refractivity contribution >= 4 is 17.4 Å². The Kier molecular flexibility index (Phi) is 3.23. The molecule has 92 valence electrons. The maximum Gasteiger partial charge on any atom is 0.259 e. The van der Waals surface area contributed by atoms with Crippen molar-refractivity contribution < 1.29 is 9.18 Å². The highest BCUT2D eigenvalue weighted by Crippen LogP contribution is 2.14. The number of halogens is 1. The SMILES string of the molecule is Cc1nc(NC(=O)c2ccccc2F)ccc1N. The zero-order valence-electron chi connectivity index (χ0n) is 9.77. The predicted octanol–water partition coefficient (Wildman–Crippen LogP) is 2.36. The number of hydrogen-bond donors (Lipinski definition) is 2. The molecular formula is C13H12FN3O. The summed E-state index contributed by atoms with van der Waals surface area (Å²) >= 11 is 0. The van der Waals surface area contributed by atoms with Gasteiger partial charge in [-0.2, -0.15) is 0 Å². The van der Waals surface area contributed by atoms with Crippen LogP contribution in [0.25, 0.3) is 0 Å². The summed E-state index contributed by atoms with van der Waals surface area (Å²) in [5, 5.41) is 2.52. The molecule has 1 aromatic heterocycles. The molecule has 1 amide bonds. The Morgan fingerprint density at radius 1 is 1.28 bits per heavy atom. The van der Waals surface area contributed by atoms with Crippen LogP contribution in [0.5, 0.6) is 0 Å². The Labute approximate surface area is 104 Å². The average Bonchev–Trinajstić information content (AvgIpc) is 2.34. The van der Waals surface area contributed by atoms with Gasteiger partial charge in [0.1, 0.15) is 11.6 Å². The van der Waals surface area contributed by atoms with E-state index in [-0.39, 0.29) is 5.56 Å². The number of carbonyl (C=O) groups is 1. The van der Waals surface area contributed by atoms with Crippen LogP contribution in [0.4, 0.5) is 15.9 Å². The summed E-state index contributed by atoms with van der Waals surface area (Å²) in [5.74, 6) is -0.762. The molecule has 3 N–H and O–H groups in total. The van der Waals surface area contributed by atoms with Gasteiger partial charge in [-0.25, -0.2) is 9.37 Å². The summed E-state index contributed by atoms with van der Waals surface area (Å²) in [6.45, 7) is 1.73. The highest BCUT2D eigenvalue weighted by atomic mass is 19.1. The maximum absolute atomic E-state index is 13.4. The first kappa shape index (κ1) is 12.0. The molecule has 18 heavy (non-hydrogen) atoms. The van der Waals surface area contributed by atoms with Crippen LogP contribution < -0.4 is 11.1 Å². The van der Waals surface area contributed by atoms with E-state index >= 15 is 0 Å². The van der Waals surface area contributed by atoms with Gasteiger partial charge < -0.3 is 11.1 Å². The van der Waals surface area contributed by atoms with Crippen molar-refractivity contribution in [3.63, 3.8) is 0 Å².